The number of rotatable bonds is 5. The van der Waals surface area contributed by atoms with Gasteiger partial charge in [0.1, 0.15) is 0 Å². The van der Waals surface area contributed by atoms with Gasteiger partial charge in [-0.3, -0.25) is 0 Å². The summed E-state index contributed by atoms with van der Waals surface area (Å²) in [6.07, 6.45) is 2.73. The van der Waals surface area contributed by atoms with Gasteiger partial charge in [0.15, 0.2) is 0 Å². The van der Waals surface area contributed by atoms with E-state index in [1.165, 1.54) is 30.2 Å². The second kappa shape index (κ2) is 9.49. The summed E-state index contributed by atoms with van der Waals surface area (Å²) in [5.74, 6) is 2.23. The Hall–Kier alpha value is -2.26. The number of carbonyl (C=O) groups is 1. The van der Waals surface area contributed by atoms with E-state index < -0.39 is 5.76 Å². The highest BCUT2D eigenvalue weighted by Gasteiger charge is 2.28. The van der Waals surface area contributed by atoms with Gasteiger partial charge < -0.3 is 19.5 Å². The fourth-order valence-corrected chi connectivity index (χ4v) is 4.83. The molecule has 8 nitrogen and oxygen atoms in total. The van der Waals surface area contributed by atoms with E-state index in [1.54, 1.807) is 4.90 Å². The van der Waals surface area contributed by atoms with E-state index in [0.717, 1.165) is 31.5 Å². The fraction of sp³-hybridized carbons (Fsp3) is 0.550. The van der Waals surface area contributed by atoms with Gasteiger partial charge in [0, 0.05) is 49.9 Å². The molecular weight excluding hydrogens is 390 g/mol. The molecular formula is C20H27N5O3S. The molecule has 2 amide bonds. The standard InChI is InChI=1S/C20H27N5O3S/c26-19(25-8-1-2-16(14-25)18-22-23-20(27)28-18)21-17-5-3-15(4-6-17)7-9-24-10-12-29-13-11-24/h3-6,16H,1-2,7-14H2,(H,21,26)(H,23,27)/t16-/m1/s1. The predicted octanol–water partition coefficient (Wildman–Crippen LogP) is 2.37. The van der Waals surface area contributed by atoms with Crippen LogP contribution in [0.3, 0.4) is 0 Å². The predicted molar refractivity (Wildman–Crippen MR) is 114 cm³/mol. The first-order valence-electron chi connectivity index (χ1n) is 10.2. The van der Waals surface area contributed by atoms with E-state index in [9.17, 15) is 9.59 Å². The van der Waals surface area contributed by atoms with Gasteiger partial charge in [-0.05, 0) is 37.0 Å². The minimum absolute atomic E-state index is 0.0518. The maximum absolute atomic E-state index is 12.7. The van der Waals surface area contributed by atoms with Crippen molar-refractivity contribution in [3.05, 3.63) is 46.3 Å². The Kier molecular flexibility index (Phi) is 6.56. The van der Waals surface area contributed by atoms with Crippen LogP contribution in [0, 0.1) is 0 Å². The van der Waals surface area contributed by atoms with E-state index in [4.69, 9.17) is 4.42 Å². The number of likely N-dealkylation sites (tertiary alicyclic amines) is 1. The van der Waals surface area contributed by atoms with Crippen molar-refractivity contribution in [2.45, 2.75) is 25.2 Å². The lowest BCUT2D eigenvalue weighted by Crippen LogP contribution is -2.41. The van der Waals surface area contributed by atoms with Crippen LogP contribution in [0.25, 0.3) is 0 Å². The van der Waals surface area contributed by atoms with Crippen molar-refractivity contribution in [3.8, 4) is 0 Å². The average molecular weight is 418 g/mol. The summed E-state index contributed by atoms with van der Waals surface area (Å²) in [4.78, 5) is 28.1. The zero-order chi connectivity index (χ0) is 20.1. The van der Waals surface area contributed by atoms with Gasteiger partial charge in [0.2, 0.25) is 5.89 Å². The highest BCUT2D eigenvalue weighted by molar-refractivity contribution is 7.99. The fourth-order valence-electron chi connectivity index (χ4n) is 3.85. The molecule has 0 aliphatic carbocycles. The number of amides is 2. The largest absolute Gasteiger partial charge is 0.434 e. The van der Waals surface area contributed by atoms with Crippen LogP contribution in [0.1, 0.15) is 30.2 Å². The Morgan fingerprint density at radius 3 is 2.76 bits per heavy atom. The van der Waals surface area contributed by atoms with E-state index in [-0.39, 0.29) is 11.9 Å². The SMILES string of the molecule is O=C(Nc1ccc(CCN2CCSCC2)cc1)N1CCC[C@@H](c2n[nH]c(=O)o2)C1. The molecule has 2 aliphatic rings. The van der Waals surface area contributed by atoms with Gasteiger partial charge in [-0.25, -0.2) is 14.7 Å². The summed E-state index contributed by atoms with van der Waals surface area (Å²) in [7, 11) is 0. The zero-order valence-electron chi connectivity index (χ0n) is 16.4. The molecule has 156 valence electrons. The number of nitrogens with zero attached hydrogens (tertiary/aromatic N) is 3. The first kappa shape index (κ1) is 20.0. The molecule has 29 heavy (non-hydrogen) atoms. The highest BCUT2D eigenvalue weighted by Crippen LogP contribution is 2.25. The lowest BCUT2D eigenvalue weighted by Gasteiger charge is -2.31. The molecule has 2 fully saturated rings. The van der Waals surface area contributed by atoms with Crippen LogP contribution in [-0.2, 0) is 6.42 Å². The number of aromatic nitrogens is 2. The molecule has 0 saturated carbocycles. The molecule has 1 aromatic heterocycles. The van der Waals surface area contributed by atoms with Crippen molar-refractivity contribution >= 4 is 23.5 Å². The third-order valence-electron chi connectivity index (χ3n) is 5.54. The summed E-state index contributed by atoms with van der Waals surface area (Å²) >= 11 is 2.03. The van der Waals surface area contributed by atoms with Crippen LogP contribution >= 0.6 is 11.8 Å². The molecule has 2 saturated heterocycles. The Bertz CT molecular complexity index is 860. The number of nitrogens with one attached hydrogen (secondary N) is 2. The van der Waals surface area contributed by atoms with Crippen molar-refractivity contribution in [3.63, 3.8) is 0 Å². The van der Waals surface area contributed by atoms with Gasteiger partial charge in [0.25, 0.3) is 0 Å². The monoisotopic (exact) mass is 417 g/mol. The molecule has 0 bridgehead atoms. The van der Waals surface area contributed by atoms with Gasteiger partial charge >= 0.3 is 11.8 Å². The number of thioether (sulfide) groups is 1. The maximum Gasteiger partial charge on any atom is 0.434 e. The normalized spacial score (nSPS) is 20.6. The number of hydrogen-bond donors (Lipinski definition) is 2. The van der Waals surface area contributed by atoms with Crippen molar-refractivity contribution in [1.29, 1.82) is 0 Å². The molecule has 0 spiro atoms. The Morgan fingerprint density at radius 1 is 1.24 bits per heavy atom. The molecule has 2 aromatic rings. The van der Waals surface area contributed by atoms with E-state index >= 15 is 0 Å². The van der Waals surface area contributed by atoms with E-state index in [1.807, 2.05) is 23.9 Å². The minimum atomic E-state index is -0.555. The number of anilines is 1. The Morgan fingerprint density at radius 2 is 2.03 bits per heavy atom. The summed E-state index contributed by atoms with van der Waals surface area (Å²) in [6, 6.07) is 7.98. The van der Waals surface area contributed by atoms with Crippen molar-refractivity contribution in [2.75, 3.05) is 49.5 Å². The molecule has 2 aliphatic heterocycles. The quantitative estimate of drug-likeness (QED) is 0.776. The molecule has 9 heteroatoms. The average Bonchev–Trinajstić information content (AvgIpc) is 3.20. The molecule has 1 atom stereocenters. The summed E-state index contributed by atoms with van der Waals surface area (Å²) in [5, 5.41) is 9.18. The number of piperidine rings is 1. The topological polar surface area (TPSA) is 94.5 Å². The van der Waals surface area contributed by atoms with Crippen LogP contribution < -0.4 is 11.1 Å². The number of urea groups is 1. The molecule has 3 heterocycles. The highest BCUT2D eigenvalue weighted by atomic mass is 32.2. The van der Waals surface area contributed by atoms with Crippen LogP contribution in [0.5, 0.6) is 0 Å². The van der Waals surface area contributed by atoms with Crippen LogP contribution in [-0.4, -0.2) is 70.3 Å². The molecule has 2 N–H and O–H groups in total. The third kappa shape index (κ3) is 5.42. The Balaban J connectivity index is 1.28. The maximum atomic E-state index is 12.7. The van der Waals surface area contributed by atoms with Crippen LogP contribution in [0.4, 0.5) is 10.5 Å². The number of benzene rings is 1. The van der Waals surface area contributed by atoms with Gasteiger partial charge in [0.05, 0.1) is 5.92 Å². The molecule has 0 unspecified atom stereocenters. The summed E-state index contributed by atoms with van der Waals surface area (Å²) in [5.41, 5.74) is 2.08. The van der Waals surface area contributed by atoms with Gasteiger partial charge in [-0.1, -0.05) is 12.1 Å². The number of hydrogen-bond acceptors (Lipinski definition) is 6. The van der Waals surface area contributed by atoms with Crippen molar-refractivity contribution in [1.82, 2.24) is 20.0 Å². The lowest BCUT2D eigenvalue weighted by atomic mass is 9.98. The number of H-pyrrole nitrogens is 1. The molecule has 4 rings (SSSR count). The molecule has 1 aromatic carbocycles. The molecule has 0 radical (unpaired) electrons. The number of aromatic amines is 1. The van der Waals surface area contributed by atoms with E-state index in [2.05, 4.69) is 32.5 Å². The van der Waals surface area contributed by atoms with Crippen LogP contribution in [0.15, 0.2) is 33.5 Å². The first-order chi connectivity index (χ1) is 14.2. The minimum Gasteiger partial charge on any atom is -0.392 e. The first-order valence-corrected chi connectivity index (χ1v) is 11.3. The smallest absolute Gasteiger partial charge is 0.392 e. The van der Waals surface area contributed by atoms with Gasteiger partial charge in [-0.15, -0.1) is 5.10 Å². The van der Waals surface area contributed by atoms with Gasteiger partial charge in [-0.2, -0.15) is 11.8 Å². The third-order valence-corrected chi connectivity index (χ3v) is 6.48. The second-order valence-electron chi connectivity index (χ2n) is 7.57. The number of carbonyl (C=O) groups excluding carboxylic acids is 1. The lowest BCUT2D eigenvalue weighted by molar-refractivity contribution is 0.186. The summed E-state index contributed by atoms with van der Waals surface area (Å²) < 4.78 is 5.06. The van der Waals surface area contributed by atoms with Crippen LogP contribution in [0.2, 0.25) is 0 Å². The van der Waals surface area contributed by atoms with Crippen molar-refractivity contribution in [2.24, 2.45) is 0 Å². The Labute approximate surface area is 174 Å². The van der Waals surface area contributed by atoms with Crippen molar-refractivity contribution < 1.29 is 9.21 Å². The van der Waals surface area contributed by atoms with E-state index in [0.29, 0.717) is 19.0 Å². The summed E-state index contributed by atoms with van der Waals surface area (Å²) in [6.45, 7) is 4.62. The second-order valence-corrected chi connectivity index (χ2v) is 8.79. The zero-order valence-corrected chi connectivity index (χ0v) is 17.2.